The zero-order valence-electron chi connectivity index (χ0n) is 10.5. The van der Waals surface area contributed by atoms with Gasteiger partial charge in [0, 0.05) is 26.2 Å². The van der Waals surface area contributed by atoms with E-state index in [0.717, 1.165) is 13.1 Å². The fourth-order valence-corrected chi connectivity index (χ4v) is 1.70. The van der Waals surface area contributed by atoms with E-state index in [9.17, 15) is 4.79 Å². The first-order chi connectivity index (χ1) is 7.42. The van der Waals surface area contributed by atoms with Crippen molar-refractivity contribution in [1.29, 1.82) is 0 Å². The van der Waals surface area contributed by atoms with E-state index < -0.39 is 5.60 Å². The molecule has 1 aliphatic rings. The zero-order valence-corrected chi connectivity index (χ0v) is 10.5. The minimum Gasteiger partial charge on any atom is -0.459 e. The van der Waals surface area contributed by atoms with Crippen LogP contribution < -0.4 is 10.6 Å². The number of carbonyl (C=O) groups excluding carboxylic acids is 1. The molecule has 94 valence electrons. The average Bonchev–Trinajstić information content (AvgIpc) is 2.59. The summed E-state index contributed by atoms with van der Waals surface area (Å²) in [6.45, 7) is 7.45. The minimum atomic E-state index is -0.423. The van der Waals surface area contributed by atoms with Gasteiger partial charge in [0.05, 0.1) is 12.6 Å². The van der Waals surface area contributed by atoms with Gasteiger partial charge < -0.3 is 20.1 Å². The molecule has 0 aromatic carbocycles. The summed E-state index contributed by atoms with van der Waals surface area (Å²) in [4.78, 5) is 11.5. The Kier molecular flexibility index (Phi) is 4.70. The lowest BCUT2D eigenvalue weighted by Crippen LogP contribution is -2.43. The highest BCUT2D eigenvalue weighted by molar-refractivity contribution is 5.72. The standard InChI is InChI=1S/C11H22N2O3/c1-11(2,3)16-10(14)7-13-8-5-12-6-9(8)15-4/h8-9,12-13H,5-7H2,1-4H3/t8-,9-/m1/s1. The summed E-state index contributed by atoms with van der Waals surface area (Å²) in [5.74, 6) is -0.228. The first-order valence-electron chi connectivity index (χ1n) is 5.61. The molecule has 5 nitrogen and oxygen atoms in total. The summed E-state index contributed by atoms with van der Waals surface area (Å²) in [7, 11) is 1.68. The van der Waals surface area contributed by atoms with E-state index in [0.29, 0.717) is 0 Å². The second kappa shape index (κ2) is 5.61. The van der Waals surface area contributed by atoms with Crippen LogP contribution in [0.5, 0.6) is 0 Å². The van der Waals surface area contributed by atoms with Crippen molar-refractivity contribution >= 4 is 5.97 Å². The van der Waals surface area contributed by atoms with Crippen LogP contribution in [0.25, 0.3) is 0 Å². The largest absolute Gasteiger partial charge is 0.459 e. The summed E-state index contributed by atoms with van der Waals surface area (Å²) >= 11 is 0. The van der Waals surface area contributed by atoms with Crippen molar-refractivity contribution in [3.8, 4) is 0 Å². The van der Waals surface area contributed by atoms with Crippen molar-refractivity contribution in [3.63, 3.8) is 0 Å². The number of esters is 1. The highest BCUT2D eigenvalue weighted by Crippen LogP contribution is 2.07. The topological polar surface area (TPSA) is 59.6 Å². The molecule has 5 heteroatoms. The van der Waals surface area contributed by atoms with E-state index in [1.165, 1.54) is 0 Å². The predicted molar refractivity (Wildman–Crippen MR) is 61.3 cm³/mol. The molecule has 1 saturated heterocycles. The quantitative estimate of drug-likeness (QED) is 0.661. The normalized spacial score (nSPS) is 25.8. The molecule has 0 unspecified atom stereocenters. The molecule has 0 aliphatic carbocycles. The van der Waals surface area contributed by atoms with Gasteiger partial charge in [-0.3, -0.25) is 4.79 Å². The maximum absolute atomic E-state index is 11.5. The van der Waals surface area contributed by atoms with Crippen LogP contribution >= 0.6 is 0 Å². The molecule has 0 bridgehead atoms. The SMILES string of the molecule is CO[C@@H]1CNC[C@H]1NCC(=O)OC(C)(C)C. The van der Waals surface area contributed by atoms with Crippen molar-refractivity contribution in [2.24, 2.45) is 0 Å². The highest BCUT2D eigenvalue weighted by Gasteiger charge is 2.27. The Hall–Kier alpha value is -0.650. The number of nitrogens with one attached hydrogen (secondary N) is 2. The molecule has 2 atom stereocenters. The van der Waals surface area contributed by atoms with E-state index in [-0.39, 0.29) is 24.7 Å². The number of carbonyl (C=O) groups is 1. The third kappa shape index (κ3) is 4.47. The molecule has 0 amide bonds. The molecule has 0 aromatic heterocycles. The summed E-state index contributed by atoms with van der Waals surface area (Å²) in [6, 6.07) is 0.178. The molecular weight excluding hydrogens is 208 g/mol. The lowest BCUT2D eigenvalue weighted by Gasteiger charge is -2.22. The van der Waals surface area contributed by atoms with E-state index in [1.807, 2.05) is 20.8 Å². The van der Waals surface area contributed by atoms with Gasteiger partial charge in [0.25, 0.3) is 0 Å². The maximum Gasteiger partial charge on any atom is 0.320 e. The molecule has 1 heterocycles. The number of hydrogen-bond acceptors (Lipinski definition) is 5. The van der Waals surface area contributed by atoms with Gasteiger partial charge in [0.15, 0.2) is 0 Å². The molecule has 0 radical (unpaired) electrons. The van der Waals surface area contributed by atoms with Crippen LogP contribution in [0.3, 0.4) is 0 Å². The van der Waals surface area contributed by atoms with Gasteiger partial charge in [-0.25, -0.2) is 0 Å². The third-order valence-corrected chi connectivity index (χ3v) is 2.39. The Morgan fingerprint density at radius 2 is 2.12 bits per heavy atom. The second-order valence-corrected chi connectivity index (χ2v) is 5.01. The van der Waals surface area contributed by atoms with Gasteiger partial charge in [-0.1, -0.05) is 0 Å². The molecule has 16 heavy (non-hydrogen) atoms. The van der Waals surface area contributed by atoms with E-state index in [2.05, 4.69) is 10.6 Å². The monoisotopic (exact) mass is 230 g/mol. The van der Waals surface area contributed by atoms with E-state index in [4.69, 9.17) is 9.47 Å². The van der Waals surface area contributed by atoms with Gasteiger partial charge >= 0.3 is 5.97 Å². The minimum absolute atomic E-state index is 0.127. The predicted octanol–water partition coefficient (Wildman–Crippen LogP) is -0.0955. The summed E-state index contributed by atoms with van der Waals surface area (Å²) in [6.07, 6.45) is 0.127. The van der Waals surface area contributed by atoms with Gasteiger partial charge in [-0.15, -0.1) is 0 Å². The lowest BCUT2D eigenvalue weighted by molar-refractivity contribution is -0.153. The first kappa shape index (κ1) is 13.4. The lowest BCUT2D eigenvalue weighted by atomic mass is 10.2. The fourth-order valence-electron chi connectivity index (χ4n) is 1.70. The fraction of sp³-hybridized carbons (Fsp3) is 0.909. The Bertz CT molecular complexity index is 238. The van der Waals surface area contributed by atoms with Crippen LogP contribution in [0.1, 0.15) is 20.8 Å². The van der Waals surface area contributed by atoms with Gasteiger partial charge in [0.2, 0.25) is 0 Å². The summed E-state index contributed by atoms with van der Waals surface area (Å²) in [5, 5.41) is 6.35. The molecule has 0 spiro atoms. The molecule has 0 aromatic rings. The number of rotatable bonds is 4. The molecule has 1 rings (SSSR count). The Balaban J connectivity index is 2.26. The Morgan fingerprint density at radius 1 is 1.44 bits per heavy atom. The van der Waals surface area contributed by atoms with Crippen molar-refractivity contribution in [2.45, 2.75) is 38.5 Å². The molecule has 0 saturated carbocycles. The smallest absolute Gasteiger partial charge is 0.320 e. The number of hydrogen-bond donors (Lipinski definition) is 2. The van der Waals surface area contributed by atoms with Crippen molar-refractivity contribution in [1.82, 2.24) is 10.6 Å². The Morgan fingerprint density at radius 3 is 2.69 bits per heavy atom. The molecule has 1 aliphatic heterocycles. The maximum atomic E-state index is 11.5. The molecular formula is C11H22N2O3. The van der Waals surface area contributed by atoms with Crippen LogP contribution in [0.2, 0.25) is 0 Å². The third-order valence-electron chi connectivity index (χ3n) is 2.39. The van der Waals surface area contributed by atoms with Crippen molar-refractivity contribution < 1.29 is 14.3 Å². The van der Waals surface area contributed by atoms with E-state index >= 15 is 0 Å². The van der Waals surface area contributed by atoms with Crippen molar-refractivity contribution in [3.05, 3.63) is 0 Å². The second-order valence-electron chi connectivity index (χ2n) is 5.01. The highest BCUT2D eigenvalue weighted by atomic mass is 16.6. The first-order valence-corrected chi connectivity index (χ1v) is 5.61. The van der Waals surface area contributed by atoms with Crippen LogP contribution in [-0.4, -0.2) is 50.5 Å². The van der Waals surface area contributed by atoms with Crippen molar-refractivity contribution in [2.75, 3.05) is 26.7 Å². The van der Waals surface area contributed by atoms with Gasteiger partial charge in [-0.05, 0) is 20.8 Å². The number of methoxy groups -OCH3 is 1. The Labute approximate surface area is 96.9 Å². The van der Waals surface area contributed by atoms with E-state index in [1.54, 1.807) is 7.11 Å². The van der Waals surface area contributed by atoms with Crippen LogP contribution in [-0.2, 0) is 14.3 Å². The number of ether oxygens (including phenoxy) is 2. The zero-order chi connectivity index (χ0) is 12.2. The van der Waals surface area contributed by atoms with Crippen LogP contribution in [0.15, 0.2) is 0 Å². The average molecular weight is 230 g/mol. The van der Waals surface area contributed by atoms with Crippen LogP contribution in [0.4, 0.5) is 0 Å². The van der Waals surface area contributed by atoms with Gasteiger partial charge in [0.1, 0.15) is 5.60 Å². The molecule has 1 fully saturated rings. The van der Waals surface area contributed by atoms with Crippen LogP contribution in [0, 0.1) is 0 Å². The summed E-state index contributed by atoms with van der Waals surface area (Å²) < 4.78 is 10.5. The summed E-state index contributed by atoms with van der Waals surface area (Å²) in [5.41, 5.74) is -0.423. The molecule has 2 N–H and O–H groups in total. The van der Waals surface area contributed by atoms with Gasteiger partial charge in [-0.2, -0.15) is 0 Å².